The Labute approximate surface area is 108 Å². The highest BCUT2D eigenvalue weighted by atomic mass is 16.5. The van der Waals surface area contributed by atoms with Crippen LogP contribution in [0.2, 0.25) is 0 Å². The number of benzene rings is 1. The Balaban J connectivity index is 2.16. The van der Waals surface area contributed by atoms with Crippen LogP contribution in [0.15, 0.2) is 18.2 Å². The Bertz CT molecular complexity index is 392. The van der Waals surface area contributed by atoms with Crippen molar-refractivity contribution in [3.05, 3.63) is 23.8 Å². The Kier molecular flexibility index (Phi) is 4.41. The highest BCUT2D eigenvalue weighted by Crippen LogP contribution is 2.30. The summed E-state index contributed by atoms with van der Waals surface area (Å²) in [7, 11) is 3.27. The van der Waals surface area contributed by atoms with Gasteiger partial charge in [-0.15, -0.1) is 0 Å². The summed E-state index contributed by atoms with van der Waals surface area (Å²) in [6.45, 7) is 3.91. The molecule has 0 spiro atoms. The second-order valence-electron chi connectivity index (χ2n) is 4.35. The van der Waals surface area contributed by atoms with Crippen molar-refractivity contribution in [3.8, 4) is 11.5 Å². The molecular weight excluding hydrogens is 230 g/mol. The molecule has 5 nitrogen and oxygen atoms in total. The lowest BCUT2D eigenvalue weighted by molar-refractivity contribution is 0.177. The van der Waals surface area contributed by atoms with E-state index in [4.69, 9.17) is 15.2 Å². The van der Waals surface area contributed by atoms with Crippen LogP contribution in [0.3, 0.4) is 0 Å². The molecule has 1 aliphatic rings. The molecule has 0 saturated carbocycles. The van der Waals surface area contributed by atoms with Gasteiger partial charge in [-0.05, 0) is 17.7 Å². The first-order valence-corrected chi connectivity index (χ1v) is 6.18. The van der Waals surface area contributed by atoms with Crippen LogP contribution in [0.1, 0.15) is 11.7 Å². The van der Waals surface area contributed by atoms with Gasteiger partial charge in [-0.1, -0.05) is 6.07 Å². The molecule has 3 N–H and O–H groups in total. The highest BCUT2D eigenvalue weighted by Gasteiger charge is 2.19. The van der Waals surface area contributed by atoms with Gasteiger partial charge in [0, 0.05) is 26.2 Å². The van der Waals surface area contributed by atoms with E-state index >= 15 is 0 Å². The minimum Gasteiger partial charge on any atom is -0.493 e. The standard InChI is InChI=1S/C13H21N3O2/c1-17-11-4-3-10(9-12(11)18-2)13(14)16-7-5-15-6-8-16/h3-4,9,13,15H,5-8,14H2,1-2H3. The van der Waals surface area contributed by atoms with Crippen molar-refractivity contribution in [1.29, 1.82) is 0 Å². The maximum Gasteiger partial charge on any atom is 0.161 e. The maximum atomic E-state index is 6.29. The number of ether oxygens (including phenoxy) is 2. The molecule has 5 heteroatoms. The van der Waals surface area contributed by atoms with Gasteiger partial charge in [0.05, 0.1) is 20.4 Å². The van der Waals surface area contributed by atoms with E-state index in [1.807, 2.05) is 18.2 Å². The number of rotatable bonds is 4. The summed E-state index contributed by atoms with van der Waals surface area (Å²) < 4.78 is 10.5. The molecule has 0 radical (unpaired) electrons. The normalized spacial score (nSPS) is 18.4. The van der Waals surface area contributed by atoms with Crippen molar-refractivity contribution in [2.75, 3.05) is 40.4 Å². The first-order valence-electron chi connectivity index (χ1n) is 6.18. The predicted octanol–water partition coefficient (Wildman–Crippen LogP) is 0.566. The number of nitrogens with zero attached hydrogens (tertiary/aromatic N) is 1. The Morgan fingerprint density at radius 2 is 1.83 bits per heavy atom. The summed E-state index contributed by atoms with van der Waals surface area (Å²) in [4.78, 5) is 2.26. The Hall–Kier alpha value is -1.30. The van der Waals surface area contributed by atoms with Crippen LogP contribution in [0, 0.1) is 0 Å². The van der Waals surface area contributed by atoms with E-state index in [1.54, 1.807) is 14.2 Å². The number of methoxy groups -OCH3 is 2. The summed E-state index contributed by atoms with van der Waals surface area (Å²) in [5.41, 5.74) is 7.34. The predicted molar refractivity (Wildman–Crippen MR) is 70.9 cm³/mol. The summed E-state index contributed by atoms with van der Waals surface area (Å²) in [5.74, 6) is 1.45. The smallest absolute Gasteiger partial charge is 0.161 e. The fourth-order valence-corrected chi connectivity index (χ4v) is 2.21. The van der Waals surface area contributed by atoms with E-state index in [2.05, 4.69) is 10.2 Å². The van der Waals surface area contributed by atoms with Crippen LogP contribution >= 0.6 is 0 Å². The number of nitrogens with one attached hydrogen (secondary N) is 1. The zero-order chi connectivity index (χ0) is 13.0. The molecule has 0 aliphatic carbocycles. The van der Waals surface area contributed by atoms with E-state index in [0.29, 0.717) is 0 Å². The van der Waals surface area contributed by atoms with Crippen LogP contribution in [0.25, 0.3) is 0 Å². The van der Waals surface area contributed by atoms with Crippen molar-refractivity contribution in [2.24, 2.45) is 5.73 Å². The summed E-state index contributed by atoms with van der Waals surface area (Å²) >= 11 is 0. The van der Waals surface area contributed by atoms with E-state index < -0.39 is 0 Å². The Morgan fingerprint density at radius 3 is 2.44 bits per heavy atom. The van der Waals surface area contributed by atoms with Gasteiger partial charge in [-0.2, -0.15) is 0 Å². The summed E-state index contributed by atoms with van der Waals surface area (Å²) in [6, 6.07) is 5.84. The zero-order valence-electron chi connectivity index (χ0n) is 11.0. The second-order valence-corrected chi connectivity index (χ2v) is 4.35. The van der Waals surface area contributed by atoms with Gasteiger partial charge < -0.3 is 20.5 Å². The van der Waals surface area contributed by atoms with E-state index in [1.165, 1.54) is 0 Å². The molecule has 1 aromatic carbocycles. The van der Waals surface area contributed by atoms with Crippen LogP contribution < -0.4 is 20.5 Å². The SMILES string of the molecule is COc1ccc(C(N)N2CCNCC2)cc1OC. The van der Waals surface area contributed by atoms with Gasteiger partial charge in [0.2, 0.25) is 0 Å². The molecule has 1 aromatic rings. The fourth-order valence-electron chi connectivity index (χ4n) is 2.21. The van der Waals surface area contributed by atoms with Crippen LogP contribution in [-0.2, 0) is 0 Å². The van der Waals surface area contributed by atoms with E-state index in [9.17, 15) is 0 Å². The molecule has 1 heterocycles. The quantitative estimate of drug-likeness (QED) is 0.819. The van der Waals surface area contributed by atoms with Gasteiger partial charge in [0.25, 0.3) is 0 Å². The number of piperazine rings is 1. The van der Waals surface area contributed by atoms with Gasteiger partial charge in [-0.3, -0.25) is 4.90 Å². The molecule has 0 bridgehead atoms. The molecule has 1 fully saturated rings. The zero-order valence-corrected chi connectivity index (χ0v) is 11.0. The van der Waals surface area contributed by atoms with Gasteiger partial charge in [0.1, 0.15) is 0 Å². The maximum absolute atomic E-state index is 6.29. The summed E-state index contributed by atoms with van der Waals surface area (Å²) in [5, 5.41) is 3.32. The van der Waals surface area contributed by atoms with Crippen molar-refractivity contribution >= 4 is 0 Å². The monoisotopic (exact) mass is 251 g/mol. The lowest BCUT2D eigenvalue weighted by Gasteiger charge is -2.32. The molecule has 1 unspecified atom stereocenters. The summed E-state index contributed by atoms with van der Waals surface area (Å²) in [6.07, 6.45) is -0.0908. The average molecular weight is 251 g/mol. The first kappa shape index (κ1) is 13.1. The molecule has 1 aliphatic heterocycles. The number of nitrogens with two attached hydrogens (primary N) is 1. The third-order valence-corrected chi connectivity index (χ3v) is 3.29. The number of hydrogen-bond acceptors (Lipinski definition) is 5. The molecule has 0 amide bonds. The molecule has 0 aromatic heterocycles. The molecule has 18 heavy (non-hydrogen) atoms. The third kappa shape index (κ3) is 2.75. The molecule has 1 saturated heterocycles. The van der Waals surface area contributed by atoms with Crippen molar-refractivity contribution in [2.45, 2.75) is 6.17 Å². The van der Waals surface area contributed by atoms with Gasteiger partial charge in [0.15, 0.2) is 11.5 Å². The largest absolute Gasteiger partial charge is 0.493 e. The van der Waals surface area contributed by atoms with Crippen molar-refractivity contribution in [3.63, 3.8) is 0 Å². The Morgan fingerprint density at radius 1 is 1.17 bits per heavy atom. The minimum absolute atomic E-state index is 0.0908. The minimum atomic E-state index is -0.0908. The van der Waals surface area contributed by atoms with Gasteiger partial charge >= 0.3 is 0 Å². The van der Waals surface area contributed by atoms with Crippen LogP contribution in [0.5, 0.6) is 11.5 Å². The molecule has 2 rings (SSSR count). The number of hydrogen-bond donors (Lipinski definition) is 2. The van der Waals surface area contributed by atoms with Gasteiger partial charge in [-0.25, -0.2) is 0 Å². The molecule has 100 valence electrons. The van der Waals surface area contributed by atoms with E-state index in [0.717, 1.165) is 43.2 Å². The van der Waals surface area contributed by atoms with Crippen molar-refractivity contribution < 1.29 is 9.47 Å². The lowest BCUT2D eigenvalue weighted by Crippen LogP contribution is -2.47. The molecule has 1 atom stereocenters. The van der Waals surface area contributed by atoms with Crippen molar-refractivity contribution in [1.82, 2.24) is 10.2 Å². The van der Waals surface area contributed by atoms with Crippen LogP contribution in [0.4, 0.5) is 0 Å². The topological polar surface area (TPSA) is 59.8 Å². The first-order chi connectivity index (χ1) is 8.76. The second kappa shape index (κ2) is 6.04. The van der Waals surface area contributed by atoms with Crippen LogP contribution in [-0.4, -0.2) is 45.3 Å². The lowest BCUT2D eigenvalue weighted by atomic mass is 10.1. The highest BCUT2D eigenvalue weighted by molar-refractivity contribution is 5.43. The van der Waals surface area contributed by atoms with E-state index in [-0.39, 0.29) is 6.17 Å². The molecular formula is C13H21N3O2. The third-order valence-electron chi connectivity index (χ3n) is 3.29. The fraction of sp³-hybridized carbons (Fsp3) is 0.538. The average Bonchev–Trinajstić information content (AvgIpc) is 2.46.